The molecule has 3 rings (SSSR count). The summed E-state index contributed by atoms with van der Waals surface area (Å²) in [5, 5.41) is 0. The topological polar surface area (TPSA) is 49.3 Å². The van der Waals surface area contributed by atoms with E-state index in [0.29, 0.717) is 19.8 Å². The highest BCUT2D eigenvalue weighted by atomic mass is 16.5. The minimum Gasteiger partial charge on any atom is -0.497 e. The first kappa shape index (κ1) is 16.3. The molecular formula is C19H21NO4. The normalized spacial score (nSPS) is 14.8. The van der Waals surface area contributed by atoms with Crippen LogP contribution in [0.5, 0.6) is 17.2 Å². The summed E-state index contributed by atoms with van der Waals surface area (Å²) in [5.74, 6) is 2.45. The van der Waals surface area contributed by atoms with E-state index in [2.05, 4.69) is 0 Å². The molecule has 0 amide bonds. The van der Waals surface area contributed by atoms with Crippen molar-refractivity contribution < 1.29 is 18.9 Å². The predicted octanol–water partition coefficient (Wildman–Crippen LogP) is 3.62. The van der Waals surface area contributed by atoms with Crippen LogP contribution < -0.4 is 14.2 Å². The van der Waals surface area contributed by atoms with E-state index >= 15 is 0 Å². The fraction of sp³-hybridized carbons (Fsp3) is 0.316. The fourth-order valence-corrected chi connectivity index (χ4v) is 2.51. The Morgan fingerprint density at radius 2 is 1.79 bits per heavy atom. The van der Waals surface area contributed by atoms with Crippen molar-refractivity contribution in [2.24, 2.45) is 4.99 Å². The lowest BCUT2D eigenvalue weighted by Gasteiger charge is -2.20. The van der Waals surface area contributed by atoms with Gasteiger partial charge in [0.05, 0.1) is 31.7 Å². The van der Waals surface area contributed by atoms with Crippen molar-refractivity contribution >= 4 is 11.4 Å². The highest BCUT2D eigenvalue weighted by Gasteiger charge is 2.18. The molecule has 5 nitrogen and oxygen atoms in total. The van der Waals surface area contributed by atoms with Gasteiger partial charge in [0.25, 0.3) is 0 Å². The van der Waals surface area contributed by atoms with Gasteiger partial charge in [-0.15, -0.1) is 0 Å². The third kappa shape index (κ3) is 3.86. The highest BCUT2D eigenvalue weighted by Crippen LogP contribution is 2.31. The number of rotatable bonds is 6. The molecule has 0 bridgehead atoms. The van der Waals surface area contributed by atoms with E-state index < -0.39 is 0 Å². The van der Waals surface area contributed by atoms with Crippen LogP contribution in [-0.2, 0) is 4.74 Å². The van der Waals surface area contributed by atoms with Crippen molar-refractivity contribution in [1.29, 1.82) is 0 Å². The van der Waals surface area contributed by atoms with Crippen molar-refractivity contribution in [1.82, 2.24) is 0 Å². The number of fused-ring (bicyclic) bond motifs is 1. The molecule has 0 N–H and O–H groups in total. The Morgan fingerprint density at radius 1 is 1.00 bits per heavy atom. The molecule has 5 heteroatoms. The molecule has 0 spiro atoms. The van der Waals surface area contributed by atoms with Gasteiger partial charge in [0, 0.05) is 19.1 Å². The second-order valence-electron chi connectivity index (χ2n) is 5.35. The molecule has 0 radical (unpaired) electrons. The van der Waals surface area contributed by atoms with Gasteiger partial charge in [-0.1, -0.05) is 0 Å². The van der Waals surface area contributed by atoms with Crippen molar-refractivity contribution in [3.63, 3.8) is 0 Å². The second-order valence-corrected chi connectivity index (χ2v) is 5.35. The Bertz CT molecular complexity index is 710. The van der Waals surface area contributed by atoms with Crippen LogP contribution in [0.1, 0.15) is 12.0 Å². The summed E-state index contributed by atoms with van der Waals surface area (Å²) in [4.78, 5) is 4.77. The van der Waals surface area contributed by atoms with Crippen molar-refractivity contribution in [2.75, 3.05) is 34.0 Å². The molecular weight excluding hydrogens is 306 g/mol. The Hall–Kier alpha value is -2.53. The van der Waals surface area contributed by atoms with Crippen LogP contribution in [-0.4, -0.2) is 39.8 Å². The quantitative estimate of drug-likeness (QED) is 0.760. The molecule has 0 unspecified atom stereocenters. The van der Waals surface area contributed by atoms with Gasteiger partial charge < -0.3 is 18.9 Å². The molecule has 1 heterocycles. The predicted molar refractivity (Wildman–Crippen MR) is 93.1 cm³/mol. The summed E-state index contributed by atoms with van der Waals surface area (Å²) in [6.45, 7) is 1.70. The number of hydrogen-bond donors (Lipinski definition) is 0. The van der Waals surface area contributed by atoms with Crippen LogP contribution in [0.2, 0.25) is 0 Å². The van der Waals surface area contributed by atoms with Crippen molar-refractivity contribution in [2.45, 2.75) is 6.42 Å². The van der Waals surface area contributed by atoms with E-state index in [1.807, 2.05) is 42.5 Å². The largest absolute Gasteiger partial charge is 0.497 e. The molecule has 0 saturated carbocycles. The van der Waals surface area contributed by atoms with Gasteiger partial charge in [-0.2, -0.15) is 0 Å². The van der Waals surface area contributed by atoms with Gasteiger partial charge in [0.1, 0.15) is 23.9 Å². The summed E-state index contributed by atoms with van der Waals surface area (Å²) >= 11 is 0. The second kappa shape index (κ2) is 7.84. The molecule has 0 aromatic heterocycles. The zero-order valence-corrected chi connectivity index (χ0v) is 14.0. The minimum absolute atomic E-state index is 0.515. The highest BCUT2D eigenvalue weighted by molar-refractivity contribution is 6.05. The standard InChI is InChI=1S/C19H21NO4/c1-21-11-12-23-16-7-8-19-17(13-16)18(9-10-24-19)20-14-3-5-15(22-2)6-4-14/h3-8,13H,9-12H2,1-2H3. The zero-order chi connectivity index (χ0) is 16.8. The van der Waals surface area contributed by atoms with E-state index in [1.165, 1.54) is 0 Å². The summed E-state index contributed by atoms with van der Waals surface area (Å²) in [6, 6.07) is 13.5. The molecule has 24 heavy (non-hydrogen) atoms. The van der Waals surface area contributed by atoms with E-state index in [1.54, 1.807) is 14.2 Å². The lowest BCUT2D eigenvalue weighted by molar-refractivity contribution is 0.146. The number of ether oxygens (including phenoxy) is 4. The van der Waals surface area contributed by atoms with Gasteiger partial charge in [-0.05, 0) is 42.5 Å². The van der Waals surface area contributed by atoms with Crippen molar-refractivity contribution in [3.8, 4) is 17.2 Å². The first-order valence-corrected chi connectivity index (χ1v) is 7.91. The zero-order valence-electron chi connectivity index (χ0n) is 14.0. The molecule has 2 aromatic carbocycles. The van der Waals surface area contributed by atoms with Gasteiger partial charge in [0.15, 0.2) is 0 Å². The number of hydrogen-bond acceptors (Lipinski definition) is 5. The molecule has 1 aliphatic rings. The van der Waals surface area contributed by atoms with Crippen molar-refractivity contribution in [3.05, 3.63) is 48.0 Å². The van der Waals surface area contributed by atoms with Crippen LogP contribution in [0.3, 0.4) is 0 Å². The third-order valence-corrected chi connectivity index (χ3v) is 3.75. The lowest BCUT2D eigenvalue weighted by Crippen LogP contribution is -2.16. The molecule has 0 atom stereocenters. The van der Waals surface area contributed by atoms with Gasteiger partial charge in [-0.25, -0.2) is 0 Å². The maximum atomic E-state index is 5.73. The number of aliphatic imine (C=N–C) groups is 1. The molecule has 0 saturated heterocycles. The Morgan fingerprint density at radius 3 is 2.54 bits per heavy atom. The van der Waals surface area contributed by atoms with Gasteiger partial charge in [-0.3, -0.25) is 4.99 Å². The monoisotopic (exact) mass is 327 g/mol. The Labute approximate surface area is 141 Å². The molecule has 0 aliphatic carbocycles. The van der Waals surface area contributed by atoms with Crippen LogP contribution >= 0.6 is 0 Å². The van der Waals surface area contributed by atoms with Crippen LogP contribution in [0.4, 0.5) is 5.69 Å². The summed E-state index contributed by atoms with van der Waals surface area (Å²) in [5.41, 5.74) is 2.87. The smallest absolute Gasteiger partial charge is 0.128 e. The number of methoxy groups -OCH3 is 2. The summed E-state index contributed by atoms with van der Waals surface area (Å²) < 4.78 is 21.6. The number of benzene rings is 2. The fourth-order valence-electron chi connectivity index (χ4n) is 2.51. The van der Waals surface area contributed by atoms with Crippen LogP contribution in [0, 0.1) is 0 Å². The Balaban J connectivity index is 1.85. The summed E-state index contributed by atoms with van der Waals surface area (Å²) in [6.07, 6.45) is 0.764. The van der Waals surface area contributed by atoms with E-state index in [4.69, 9.17) is 23.9 Å². The minimum atomic E-state index is 0.515. The van der Waals surface area contributed by atoms with E-state index in [9.17, 15) is 0 Å². The first-order valence-electron chi connectivity index (χ1n) is 7.91. The average molecular weight is 327 g/mol. The maximum Gasteiger partial charge on any atom is 0.128 e. The van der Waals surface area contributed by atoms with Crippen LogP contribution in [0.15, 0.2) is 47.5 Å². The third-order valence-electron chi connectivity index (χ3n) is 3.75. The van der Waals surface area contributed by atoms with Gasteiger partial charge >= 0.3 is 0 Å². The number of nitrogens with zero attached hydrogens (tertiary/aromatic N) is 1. The molecule has 2 aromatic rings. The SMILES string of the molecule is COCCOc1ccc2c(c1)C(=Nc1ccc(OC)cc1)CCO2. The molecule has 0 fully saturated rings. The van der Waals surface area contributed by atoms with Gasteiger partial charge in [0.2, 0.25) is 0 Å². The van der Waals surface area contributed by atoms with E-state index in [-0.39, 0.29) is 0 Å². The maximum absolute atomic E-state index is 5.73. The first-order chi connectivity index (χ1) is 11.8. The summed E-state index contributed by atoms with van der Waals surface area (Å²) in [7, 11) is 3.31. The molecule has 126 valence electrons. The van der Waals surface area contributed by atoms with E-state index in [0.717, 1.165) is 40.6 Å². The Kier molecular flexibility index (Phi) is 5.33. The average Bonchev–Trinajstić information content (AvgIpc) is 2.63. The molecule has 1 aliphatic heterocycles. The lowest BCUT2D eigenvalue weighted by atomic mass is 10.0. The van der Waals surface area contributed by atoms with Crippen LogP contribution in [0.25, 0.3) is 0 Å².